The number of piperazine rings is 1. The van der Waals surface area contributed by atoms with Crippen LogP contribution in [-0.4, -0.2) is 57.7 Å². The summed E-state index contributed by atoms with van der Waals surface area (Å²) in [5.41, 5.74) is 1.79. The fraction of sp³-hybridized carbons (Fsp3) is 0.409. The summed E-state index contributed by atoms with van der Waals surface area (Å²) in [4.78, 5) is 16.9. The molecule has 5 nitrogen and oxygen atoms in total. The van der Waals surface area contributed by atoms with Gasteiger partial charge in [0.05, 0.1) is 12.7 Å². The first-order valence-electron chi connectivity index (χ1n) is 9.92. The number of amides is 1. The summed E-state index contributed by atoms with van der Waals surface area (Å²) < 4.78 is 31.9. The van der Waals surface area contributed by atoms with Crippen LogP contribution in [0.1, 0.15) is 11.1 Å². The molecule has 29 heavy (non-hydrogen) atoms. The van der Waals surface area contributed by atoms with Crippen molar-refractivity contribution in [3.8, 4) is 5.75 Å². The molecule has 0 aromatic heterocycles. The molecule has 1 aliphatic heterocycles. The minimum atomic E-state index is -0.275. The molecule has 1 fully saturated rings. The monoisotopic (exact) mass is 405 g/mol. The molecule has 0 aliphatic carbocycles. The number of quaternary nitrogens is 2. The summed E-state index contributed by atoms with van der Waals surface area (Å²) in [6.45, 7) is 5.27. The molecule has 0 radical (unpaired) electrons. The molecule has 0 unspecified atom stereocenters. The smallest absolute Gasteiger partial charge is 0.277 e. The molecule has 3 rings (SSSR count). The summed E-state index contributed by atoms with van der Waals surface area (Å²) >= 11 is 0. The van der Waals surface area contributed by atoms with E-state index in [1.807, 2.05) is 0 Å². The Bertz CT molecular complexity index is 821. The number of ether oxygens (including phenoxy) is 1. The fourth-order valence-corrected chi connectivity index (χ4v) is 3.77. The molecule has 7 heteroatoms. The number of hydrogen-bond donors (Lipinski definition) is 2. The standard InChI is InChI=1S/C22H27F2N3O2/c1-25(14-17-3-5-19(23)6-4-17)22(28)16-27-11-9-26(10-12-27)15-18-13-20(24)7-8-21(18)29-2/h3-8,13H,9-12,14-16H2,1-2H3/p+2. The summed E-state index contributed by atoms with van der Waals surface area (Å²) in [6.07, 6.45) is 0. The number of likely N-dealkylation sites (N-methyl/N-ethyl adjacent to an activating group) is 1. The first-order valence-corrected chi connectivity index (χ1v) is 9.92. The topological polar surface area (TPSA) is 38.4 Å². The van der Waals surface area contributed by atoms with E-state index in [9.17, 15) is 13.6 Å². The Labute approximate surface area is 170 Å². The van der Waals surface area contributed by atoms with Crippen LogP contribution in [0.2, 0.25) is 0 Å². The highest BCUT2D eigenvalue weighted by atomic mass is 19.1. The number of carbonyl (C=O) groups is 1. The zero-order chi connectivity index (χ0) is 20.8. The molecule has 1 saturated heterocycles. The Hall–Kier alpha value is -2.51. The molecule has 1 heterocycles. The fourth-order valence-electron chi connectivity index (χ4n) is 3.77. The Kier molecular flexibility index (Phi) is 7.17. The van der Waals surface area contributed by atoms with Crippen molar-refractivity contribution < 1.29 is 28.1 Å². The quantitative estimate of drug-likeness (QED) is 0.676. The lowest BCUT2D eigenvalue weighted by Gasteiger charge is -2.30. The van der Waals surface area contributed by atoms with Gasteiger partial charge in [-0.3, -0.25) is 4.79 Å². The van der Waals surface area contributed by atoms with Gasteiger partial charge in [-0.2, -0.15) is 0 Å². The van der Waals surface area contributed by atoms with E-state index in [0.29, 0.717) is 25.4 Å². The number of methoxy groups -OCH3 is 1. The van der Waals surface area contributed by atoms with Crippen LogP contribution in [0, 0.1) is 11.6 Å². The van der Waals surface area contributed by atoms with E-state index in [4.69, 9.17) is 4.74 Å². The minimum absolute atomic E-state index is 0.0829. The summed E-state index contributed by atoms with van der Waals surface area (Å²) in [7, 11) is 3.38. The van der Waals surface area contributed by atoms with E-state index < -0.39 is 0 Å². The van der Waals surface area contributed by atoms with Crippen LogP contribution < -0.4 is 14.5 Å². The van der Waals surface area contributed by atoms with Gasteiger partial charge in [-0.25, -0.2) is 8.78 Å². The molecule has 2 aromatic carbocycles. The average Bonchev–Trinajstić information content (AvgIpc) is 2.71. The molecule has 0 saturated carbocycles. The normalized spacial score (nSPS) is 19.0. The number of nitrogens with one attached hydrogen (secondary N) is 2. The third-order valence-corrected chi connectivity index (χ3v) is 5.51. The number of benzene rings is 2. The second-order valence-electron chi connectivity index (χ2n) is 7.69. The van der Waals surface area contributed by atoms with E-state index >= 15 is 0 Å². The van der Waals surface area contributed by atoms with Crippen LogP contribution in [0.4, 0.5) is 8.78 Å². The van der Waals surface area contributed by atoms with Crippen LogP contribution in [-0.2, 0) is 17.9 Å². The number of nitrogens with zero attached hydrogens (tertiary/aromatic N) is 1. The average molecular weight is 405 g/mol. The van der Waals surface area contributed by atoms with Crippen LogP contribution in [0.3, 0.4) is 0 Å². The predicted molar refractivity (Wildman–Crippen MR) is 106 cm³/mol. The molecule has 2 aromatic rings. The van der Waals surface area contributed by atoms with Gasteiger partial charge in [-0.05, 0) is 35.9 Å². The van der Waals surface area contributed by atoms with E-state index in [2.05, 4.69) is 0 Å². The SMILES string of the molecule is COc1ccc(F)cc1C[NH+]1CC[NH+](CC(=O)N(C)Cc2ccc(F)cc2)CC1. The third kappa shape index (κ3) is 5.98. The highest BCUT2D eigenvalue weighted by molar-refractivity contribution is 5.76. The number of rotatable bonds is 7. The second-order valence-corrected chi connectivity index (χ2v) is 7.69. The van der Waals surface area contributed by atoms with Crippen LogP contribution in [0.25, 0.3) is 0 Å². The van der Waals surface area contributed by atoms with Gasteiger partial charge in [0.2, 0.25) is 0 Å². The molecule has 1 amide bonds. The largest absolute Gasteiger partial charge is 0.496 e. The van der Waals surface area contributed by atoms with E-state index in [0.717, 1.165) is 37.3 Å². The molecule has 156 valence electrons. The Balaban J connectivity index is 1.46. The summed E-state index contributed by atoms with van der Waals surface area (Å²) in [6, 6.07) is 10.8. The van der Waals surface area contributed by atoms with Crippen molar-refractivity contribution in [1.29, 1.82) is 0 Å². The summed E-state index contributed by atoms with van der Waals surface area (Å²) in [5.74, 6) is 0.272. The molecular weight excluding hydrogens is 376 g/mol. The Morgan fingerprint density at radius 3 is 2.28 bits per heavy atom. The number of carbonyl (C=O) groups excluding carboxylic acids is 1. The van der Waals surface area contributed by atoms with Crippen molar-refractivity contribution >= 4 is 5.91 Å². The maximum atomic E-state index is 13.6. The van der Waals surface area contributed by atoms with Gasteiger partial charge in [0, 0.05) is 13.6 Å². The molecule has 0 spiro atoms. The molecular formula is C22H29F2N3O2+2. The minimum Gasteiger partial charge on any atom is -0.496 e. The molecule has 1 aliphatic rings. The number of halogens is 2. The van der Waals surface area contributed by atoms with Crippen molar-refractivity contribution in [3.05, 3.63) is 65.2 Å². The zero-order valence-electron chi connectivity index (χ0n) is 17.0. The first kappa shape index (κ1) is 21.2. The second kappa shape index (κ2) is 9.80. The van der Waals surface area contributed by atoms with Gasteiger partial charge in [0.1, 0.15) is 50.1 Å². The molecule has 2 N–H and O–H groups in total. The van der Waals surface area contributed by atoms with Crippen LogP contribution in [0.15, 0.2) is 42.5 Å². The molecule has 0 atom stereocenters. The Morgan fingerprint density at radius 1 is 1.00 bits per heavy atom. The predicted octanol–water partition coefficient (Wildman–Crippen LogP) is -0.0846. The van der Waals surface area contributed by atoms with Crippen LogP contribution >= 0.6 is 0 Å². The van der Waals surface area contributed by atoms with Gasteiger partial charge in [-0.15, -0.1) is 0 Å². The van der Waals surface area contributed by atoms with Gasteiger partial charge in [0.15, 0.2) is 6.54 Å². The maximum absolute atomic E-state index is 13.6. The summed E-state index contributed by atoms with van der Waals surface area (Å²) in [5, 5.41) is 0. The third-order valence-electron chi connectivity index (χ3n) is 5.51. The van der Waals surface area contributed by atoms with Crippen molar-refractivity contribution in [2.45, 2.75) is 13.1 Å². The van der Waals surface area contributed by atoms with Gasteiger partial charge >= 0.3 is 0 Å². The Morgan fingerprint density at radius 2 is 1.62 bits per heavy atom. The van der Waals surface area contributed by atoms with Gasteiger partial charge in [-0.1, -0.05) is 12.1 Å². The van der Waals surface area contributed by atoms with Crippen LogP contribution in [0.5, 0.6) is 5.75 Å². The highest BCUT2D eigenvalue weighted by Gasteiger charge is 2.26. The van der Waals surface area contributed by atoms with E-state index in [-0.39, 0.29) is 17.5 Å². The van der Waals surface area contributed by atoms with Gasteiger partial charge in [0.25, 0.3) is 5.91 Å². The number of hydrogen-bond acceptors (Lipinski definition) is 2. The molecule has 0 bridgehead atoms. The lowest BCUT2D eigenvalue weighted by Crippen LogP contribution is -3.28. The van der Waals surface area contributed by atoms with Gasteiger partial charge < -0.3 is 19.4 Å². The van der Waals surface area contributed by atoms with Crippen molar-refractivity contribution in [3.63, 3.8) is 0 Å². The van der Waals surface area contributed by atoms with E-state index in [1.54, 1.807) is 43.3 Å². The lowest BCUT2D eigenvalue weighted by atomic mass is 10.1. The maximum Gasteiger partial charge on any atom is 0.277 e. The lowest BCUT2D eigenvalue weighted by molar-refractivity contribution is -1.02. The van der Waals surface area contributed by atoms with Crippen molar-refractivity contribution in [2.24, 2.45) is 0 Å². The highest BCUT2D eigenvalue weighted by Crippen LogP contribution is 2.18. The van der Waals surface area contributed by atoms with Crippen molar-refractivity contribution in [1.82, 2.24) is 4.90 Å². The van der Waals surface area contributed by atoms with Crippen molar-refractivity contribution in [2.75, 3.05) is 46.9 Å². The van der Waals surface area contributed by atoms with E-state index in [1.165, 1.54) is 28.0 Å². The first-order chi connectivity index (χ1) is 13.9. The zero-order valence-corrected chi connectivity index (χ0v) is 17.0.